The zero-order valence-electron chi connectivity index (χ0n) is 11.5. The van der Waals surface area contributed by atoms with Gasteiger partial charge < -0.3 is 15.8 Å². The van der Waals surface area contributed by atoms with Crippen LogP contribution in [0.3, 0.4) is 0 Å². The molecule has 0 fully saturated rings. The third-order valence-electron chi connectivity index (χ3n) is 3.15. The summed E-state index contributed by atoms with van der Waals surface area (Å²) in [7, 11) is 1.64. The monoisotopic (exact) mass is 250 g/mol. The van der Waals surface area contributed by atoms with E-state index in [9.17, 15) is 4.79 Å². The van der Waals surface area contributed by atoms with Gasteiger partial charge in [-0.1, -0.05) is 13.0 Å². The molecule has 1 aromatic rings. The zero-order valence-corrected chi connectivity index (χ0v) is 11.5. The van der Waals surface area contributed by atoms with Gasteiger partial charge in [0.05, 0.1) is 7.11 Å². The van der Waals surface area contributed by atoms with Crippen LogP contribution < -0.4 is 15.8 Å². The lowest BCUT2D eigenvalue weighted by Gasteiger charge is -2.14. The fraction of sp³-hybridized carbons (Fsp3) is 0.500. The van der Waals surface area contributed by atoms with Crippen LogP contribution in [0.25, 0.3) is 0 Å². The predicted molar refractivity (Wildman–Crippen MR) is 72.5 cm³/mol. The maximum Gasteiger partial charge on any atom is 0.224 e. The molecule has 1 atom stereocenters. The Bertz CT molecular complexity index is 430. The molecule has 0 aliphatic heterocycles. The van der Waals surface area contributed by atoms with Crippen LogP contribution in [0, 0.1) is 19.8 Å². The molecule has 0 heterocycles. The molecule has 1 unspecified atom stereocenters. The normalized spacial score (nSPS) is 12.1. The molecule has 3 N–H and O–H groups in total. The van der Waals surface area contributed by atoms with E-state index in [2.05, 4.69) is 5.32 Å². The molecule has 1 aromatic carbocycles. The second kappa shape index (κ2) is 6.40. The average Bonchev–Trinajstić information content (AvgIpc) is 2.38. The highest BCUT2D eigenvalue weighted by atomic mass is 16.5. The summed E-state index contributed by atoms with van der Waals surface area (Å²) in [6.45, 7) is 6.72. The zero-order chi connectivity index (χ0) is 13.7. The maximum absolute atomic E-state index is 11.7. The largest absolute Gasteiger partial charge is 0.496 e. The Labute approximate surface area is 109 Å². The summed E-state index contributed by atoms with van der Waals surface area (Å²) in [5, 5.41) is 2.87. The van der Waals surface area contributed by atoms with Crippen molar-refractivity contribution in [2.45, 2.75) is 27.3 Å². The molecule has 0 saturated heterocycles. The number of nitrogens with two attached hydrogens (primary N) is 1. The number of hydrogen-bond acceptors (Lipinski definition) is 3. The number of methoxy groups -OCH3 is 1. The minimum Gasteiger partial charge on any atom is -0.496 e. The van der Waals surface area contributed by atoms with Gasteiger partial charge in [-0.3, -0.25) is 4.79 Å². The van der Waals surface area contributed by atoms with Gasteiger partial charge in [0.1, 0.15) is 5.75 Å². The van der Waals surface area contributed by atoms with Crippen LogP contribution in [0.2, 0.25) is 0 Å². The number of ether oxygens (including phenoxy) is 1. The molecular weight excluding hydrogens is 228 g/mol. The van der Waals surface area contributed by atoms with E-state index in [1.54, 1.807) is 7.11 Å². The SMILES string of the molecule is COc1cc(C)c(C)cc1CNC(=O)C(C)CN. The van der Waals surface area contributed by atoms with Crippen molar-refractivity contribution in [3.63, 3.8) is 0 Å². The molecule has 0 spiro atoms. The number of carbonyl (C=O) groups is 1. The van der Waals surface area contributed by atoms with E-state index in [1.165, 1.54) is 11.1 Å². The third-order valence-corrected chi connectivity index (χ3v) is 3.15. The molecule has 1 rings (SSSR count). The van der Waals surface area contributed by atoms with Crippen molar-refractivity contribution in [1.82, 2.24) is 5.32 Å². The topological polar surface area (TPSA) is 64.3 Å². The number of rotatable bonds is 5. The molecular formula is C14H22N2O2. The number of amides is 1. The molecule has 0 saturated carbocycles. The van der Waals surface area contributed by atoms with E-state index < -0.39 is 0 Å². The lowest BCUT2D eigenvalue weighted by Crippen LogP contribution is -2.32. The second-order valence-electron chi connectivity index (χ2n) is 4.60. The molecule has 0 bridgehead atoms. The standard InChI is InChI=1S/C14H22N2O2/c1-9-5-12(13(18-4)6-10(9)2)8-16-14(17)11(3)7-15/h5-6,11H,7-8,15H2,1-4H3,(H,16,17). The van der Waals surface area contributed by atoms with Crippen LogP contribution in [0.1, 0.15) is 23.6 Å². The Kier molecular flexibility index (Phi) is 5.16. The summed E-state index contributed by atoms with van der Waals surface area (Å²) < 4.78 is 5.32. The van der Waals surface area contributed by atoms with Crippen molar-refractivity contribution in [2.75, 3.05) is 13.7 Å². The van der Waals surface area contributed by atoms with Gasteiger partial charge in [-0.05, 0) is 31.0 Å². The van der Waals surface area contributed by atoms with Gasteiger partial charge in [0, 0.05) is 24.6 Å². The van der Waals surface area contributed by atoms with E-state index in [0.29, 0.717) is 13.1 Å². The summed E-state index contributed by atoms with van der Waals surface area (Å²) in [6.07, 6.45) is 0. The van der Waals surface area contributed by atoms with E-state index in [-0.39, 0.29) is 11.8 Å². The molecule has 4 heteroatoms. The lowest BCUT2D eigenvalue weighted by molar-refractivity contribution is -0.124. The van der Waals surface area contributed by atoms with Crippen LogP contribution in [-0.4, -0.2) is 19.6 Å². The number of carbonyl (C=O) groups excluding carboxylic acids is 1. The minimum absolute atomic E-state index is 0.0298. The summed E-state index contributed by atoms with van der Waals surface area (Å²) in [5.41, 5.74) is 8.81. The molecule has 0 radical (unpaired) electrons. The van der Waals surface area contributed by atoms with Crippen LogP contribution in [0.4, 0.5) is 0 Å². The van der Waals surface area contributed by atoms with Crippen molar-refractivity contribution in [3.8, 4) is 5.75 Å². The van der Waals surface area contributed by atoms with Crippen molar-refractivity contribution in [1.29, 1.82) is 0 Å². The van der Waals surface area contributed by atoms with Crippen molar-refractivity contribution >= 4 is 5.91 Å². The van der Waals surface area contributed by atoms with Gasteiger partial charge in [-0.25, -0.2) is 0 Å². The average molecular weight is 250 g/mol. The van der Waals surface area contributed by atoms with Gasteiger partial charge in [-0.2, -0.15) is 0 Å². The molecule has 0 aliphatic rings. The van der Waals surface area contributed by atoms with E-state index in [4.69, 9.17) is 10.5 Å². The van der Waals surface area contributed by atoms with Crippen LogP contribution in [0.15, 0.2) is 12.1 Å². The predicted octanol–water partition coefficient (Wildman–Crippen LogP) is 1.52. The molecule has 1 amide bonds. The fourth-order valence-corrected chi connectivity index (χ4v) is 1.64. The number of hydrogen-bond donors (Lipinski definition) is 2. The van der Waals surface area contributed by atoms with E-state index in [1.807, 2.05) is 32.9 Å². The molecule has 0 aliphatic carbocycles. The van der Waals surface area contributed by atoms with Gasteiger partial charge in [0.15, 0.2) is 0 Å². The summed E-state index contributed by atoms with van der Waals surface area (Å²) in [4.78, 5) is 11.7. The van der Waals surface area contributed by atoms with Crippen LogP contribution >= 0.6 is 0 Å². The Hall–Kier alpha value is -1.55. The minimum atomic E-state index is -0.164. The van der Waals surface area contributed by atoms with Gasteiger partial charge in [0.2, 0.25) is 5.91 Å². The van der Waals surface area contributed by atoms with Crippen LogP contribution in [0.5, 0.6) is 5.75 Å². The Morgan fingerprint density at radius 2 is 2.00 bits per heavy atom. The first-order chi connectivity index (χ1) is 8.49. The highest BCUT2D eigenvalue weighted by molar-refractivity contribution is 5.78. The first-order valence-corrected chi connectivity index (χ1v) is 6.11. The number of aryl methyl sites for hydroxylation is 2. The van der Waals surface area contributed by atoms with Gasteiger partial charge in [0.25, 0.3) is 0 Å². The first-order valence-electron chi connectivity index (χ1n) is 6.11. The number of nitrogens with one attached hydrogen (secondary N) is 1. The van der Waals surface area contributed by atoms with Crippen molar-refractivity contribution < 1.29 is 9.53 Å². The van der Waals surface area contributed by atoms with Gasteiger partial charge >= 0.3 is 0 Å². The van der Waals surface area contributed by atoms with E-state index in [0.717, 1.165) is 11.3 Å². The number of benzene rings is 1. The molecule has 0 aromatic heterocycles. The highest BCUT2D eigenvalue weighted by Gasteiger charge is 2.12. The van der Waals surface area contributed by atoms with E-state index >= 15 is 0 Å². The Balaban J connectivity index is 2.78. The lowest BCUT2D eigenvalue weighted by atomic mass is 10.0. The molecule has 100 valence electrons. The smallest absolute Gasteiger partial charge is 0.224 e. The van der Waals surface area contributed by atoms with Crippen molar-refractivity contribution in [2.24, 2.45) is 11.7 Å². The molecule has 18 heavy (non-hydrogen) atoms. The fourth-order valence-electron chi connectivity index (χ4n) is 1.64. The molecule has 4 nitrogen and oxygen atoms in total. The first kappa shape index (κ1) is 14.5. The Morgan fingerprint density at radius 1 is 1.39 bits per heavy atom. The Morgan fingerprint density at radius 3 is 2.56 bits per heavy atom. The maximum atomic E-state index is 11.7. The second-order valence-corrected chi connectivity index (χ2v) is 4.60. The summed E-state index contributed by atoms with van der Waals surface area (Å²) in [5.74, 6) is 0.610. The third kappa shape index (κ3) is 3.47. The van der Waals surface area contributed by atoms with Gasteiger partial charge in [-0.15, -0.1) is 0 Å². The quantitative estimate of drug-likeness (QED) is 0.833. The summed E-state index contributed by atoms with van der Waals surface area (Å²) >= 11 is 0. The van der Waals surface area contributed by atoms with Crippen LogP contribution in [-0.2, 0) is 11.3 Å². The summed E-state index contributed by atoms with van der Waals surface area (Å²) in [6, 6.07) is 4.03. The highest BCUT2D eigenvalue weighted by Crippen LogP contribution is 2.22. The van der Waals surface area contributed by atoms with Crippen molar-refractivity contribution in [3.05, 3.63) is 28.8 Å².